The fraction of sp³-hybridized carbons (Fsp3) is 0.273. The minimum atomic E-state index is -0.586. The molecule has 1 unspecified atom stereocenters. The number of aliphatic hydroxyl groups is 1. The molecular formula is C11H13N3O2S. The normalized spacial score (nSPS) is 12.1. The van der Waals surface area contributed by atoms with Gasteiger partial charge in [0.25, 0.3) is 0 Å². The third-order valence-electron chi connectivity index (χ3n) is 2.08. The van der Waals surface area contributed by atoms with Gasteiger partial charge in [0, 0.05) is 12.2 Å². The smallest absolute Gasteiger partial charge is 0.245 e. The zero-order valence-corrected chi connectivity index (χ0v) is 9.93. The van der Waals surface area contributed by atoms with Crippen molar-refractivity contribution in [2.45, 2.75) is 6.10 Å². The van der Waals surface area contributed by atoms with Crippen LogP contribution in [-0.4, -0.2) is 33.1 Å². The highest BCUT2D eigenvalue weighted by Crippen LogP contribution is 2.07. The van der Waals surface area contributed by atoms with E-state index >= 15 is 0 Å². The number of anilines is 1. The van der Waals surface area contributed by atoms with E-state index in [-0.39, 0.29) is 6.61 Å². The van der Waals surface area contributed by atoms with Crippen molar-refractivity contribution in [2.24, 2.45) is 0 Å². The third kappa shape index (κ3) is 4.01. The fourth-order valence-corrected chi connectivity index (χ4v) is 1.62. The Labute approximate surface area is 103 Å². The summed E-state index contributed by atoms with van der Waals surface area (Å²) in [6, 6.07) is 9.70. The van der Waals surface area contributed by atoms with E-state index in [1.54, 1.807) is 0 Å². The summed E-state index contributed by atoms with van der Waals surface area (Å²) in [5.41, 5.74) is 0.974. The van der Waals surface area contributed by atoms with Crippen LogP contribution in [0.3, 0.4) is 0 Å². The van der Waals surface area contributed by atoms with Crippen LogP contribution in [0.1, 0.15) is 0 Å². The molecule has 1 aromatic heterocycles. The summed E-state index contributed by atoms with van der Waals surface area (Å²) < 4.78 is 12.9. The molecular weight excluding hydrogens is 238 g/mol. The summed E-state index contributed by atoms with van der Waals surface area (Å²) in [5.74, 6) is 0.453. The molecule has 0 saturated heterocycles. The highest BCUT2D eigenvalue weighted by Gasteiger charge is 2.06. The first-order valence-electron chi connectivity index (χ1n) is 5.22. The number of ether oxygens (including phenoxy) is 1. The maximum atomic E-state index is 9.68. The van der Waals surface area contributed by atoms with Crippen molar-refractivity contribution >= 4 is 17.4 Å². The van der Waals surface area contributed by atoms with Crippen molar-refractivity contribution in [1.29, 1.82) is 0 Å². The van der Waals surface area contributed by atoms with Crippen LogP contribution < -0.4 is 10.1 Å². The quantitative estimate of drug-likeness (QED) is 0.812. The summed E-state index contributed by atoms with van der Waals surface area (Å²) in [7, 11) is 0. The van der Waals surface area contributed by atoms with Gasteiger partial charge in [-0.1, -0.05) is 18.2 Å². The lowest BCUT2D eigenvalue weighted by Gasteiger charge is -2.12. The van der Waals surface area contributed by atoms with E-state index in [1.807, 2.05) is 30.3 Å². The van der Waals surface area contributed by atoms with Gasteiger partial charge < -0.3 is 15.2 Å². The van der Waals surface area contributed by atoms with Gasteiger partial charge in [-0.15, -0.1) is 4.37 Å². The van der Waals surface area contributed by atoms with Crippen LogP contribution in [0.4, 0.5) is 5.69 Å². The molecule has 1 aromatic carbocycles. The van der Waals surface area contributed by atoms with Crippen molar-refractivity contribution in [2.75, 3.05) is 18.5 Å². The Morgan fingerprint density at radius 2 is 2.18 bits per heavy atom. The highest BCUT2D eigenvalue weighted by atomic mass is 32.1. The first-order chi connectivity index (χ1) is 8.34. The second-order valence-corrected chi connectivity index (χ2v) is 4.01. The lowest BCUT2D eigenvalue weighted by atomic mass is 10.3. The number of benzene rings is 1. The van der Waals surface area contributed by atoms with E-state index in [0.29, 0.717) is 12.4 Å². The molecule has 0 spiro atoms. The highest BCUT2D eigenvalue weighted by molar-refractivity contribution is 6.99. The summed E-state index contributed by atoms with van der Waals surface area (Å²) in [6.45, 7) is 0.632. The Balaban J connectivity index is 1.69. The SMILES string of the molecule is OC(CNc1ccccc1)COc1cnsn1. The van der Waals surface area contributed by atoms with Gasteiger partial charge in [0.1, 0.15) is 18.9 Å². The van der Waals surface area contributed by atoms with Crippen LogP contribution in [0, 0.1) is 0 Å². The number of hydrogen-bond acceptors (Lipinski definition) is 6. The van der Waals surface area contributed by atoms with Gasteiger partial charge in [-0.2, -0.15) is 4.37 Å². The molecule has 2 aromatic rings. The number of nitrogens with one attached hydrogen (secondary N) is 1. The second-order valence-electron chi connectivity index (χ2n) is 3.46. The van der Waals surface area contributed by atoms with E-state index in [4.69, 9.17) is 4.74 Å². The van der Waals surface area contributed by atoms with Crippen LogP contribution in [0.15, 0.2) is 36.5 Å². The van der Waals surface area contributed by atoms with Gasteiger partial charge in [0.2, 0.25) is 5.88 Å². The van der Waals surface area contributed by atoms with Gasteiger partial charge in [-0.3, -0.25) is 0 Å². The zero-order chi connectivity index (χ0) is 11.9. The van der Waals surface area contributed by atoms with Crippen LogP contribution in [-0.2, 0) is 0 Å². The van der Waals surface area contributed by atoms with E-state index < -0.39 is 6.10 Å². The molecule has 90 valence electrons. The summed E-state index contributed by atoms with van der Waals surface area (Å²) >= 11 is 1.08. The minimum absolute atomic E-state index is 0.200. The first-order valence-corrected chi connectivity index (χ1v) is 5.95. The molecule has 0 aliphatic rings. The molecule has 17 heavy (non-hydrogen) atoms. The predicted molar refractivity (Wildman–Crippen MR) is 66.3 cm³/mol. The number of rotatable bonds is 6. The number of nitrogens with zero attached hydrogens (tertiary/aromatic N) is 2. The van der Waals surface area contributed by atoms with Crippen molar-refractivity contribution in [3.05, 3.63) is 36.5 Å². The van der Waals surface area contributed by atoms with Gasteiger partial charge in [-0.05, 0) is 12.1 Å². The summed E-state index contributed by atoms with van der Waals surface area (Å²) in [6.07, 6.45) is 0.944. The van der Waals surface area contributed by atoms with E-state index in [2.05, 4.69) is 14.1 Å². The number of aromatic nitrogens is 2. The fourth-order valence-electron chi connectivity index (χ4n) is 1.25. The summed E-state index contributed by atoms with van der Waals surface area (Å²) in [4.78, 5) is 0. The number of para-hydroxylation sites is 1. The topological polar surface area (TPSA) is 67.3 Å². The molecule has 2 rings (SSSR count). The van der Waals surface area contributed by atoms with Gasteiger partial charge in [0.05, 0.1) is 11.7 Å². The van der Waals surface area contributed by atoms with Gasteiger partial charge in [-0.25, -0.2) is 0 Å². The standard InChI is InChI=1S/C11H13N3O2S/c15-10(8-16-11-7-13-17-14-11)6-12-9-4-2-1-3-5-9/h1-5,7,10,12,15H,6,8H2. The zero-order valence-electron chi connectivity index (χ0n) is 9.11. The first kappa shape index (κ1) is 11.8. The Bertz CT molecular complexity index is 422. The summed E-state index contributed by atoms with van der Waals surface area (Å²) in [5, 5.41) is 12.8. The van der Waals surface area contributed by atoms with Crippen LogP contribution in [0.2, 0.25) is 0 Å². The van der Waals surface area contributed by atoms with Crippen molar-refractivity contribution in [3.8, 4) is 5.88 Å². The number of aliphatic hydroxyl groups excluding tert-OH is 1. The molecule has 0 fully saturated rings. The van der Waals surface area contributed by atoms with Crippen molar-refractivity contribution in [3.63, 3.8) is 0 Å². The molecule has 1 atom stereocenters. The Kier molecular flexibility index (Phi) is 4.29. The Morgan fingerprint density at radius 1 is 1.35 bits per heavy atom. The lowest BCUT2D eigenvalue weighted by molar-refractivity contribution is 0.115. The molecule has 0 amide bonds. The lowest BCUT2D eigenvalue weighted by Crippen LogP contribution is -2.26. The molecule has 0 aliphatic carbocycles. The molecule has 0 bridgehead atoms. The second kappa shape index (κ2) is 6.17. The monoisotopic (exact) mass is 251 g/mol. The molecule has 0 aliphatic heterocycles. The Hall–Kier alpha value is -1.66. The van der Waals surface area contributed by atoms with E-state index in [1.165, 1.54) is 6.20 Å². The average Bonchev–Trinajstić information content (AvgIpc) is 2.88. The molecule has 6 heteroatoms. The molecule has 5 nitrogen and oxygen atoms in total. The van der Waals surface area contributed by atoms with E-state index in [0.717, 1.165) is 17.4 Å². The average molecular weight is 251 g/mol. The third-order valence-corrected chi connectivity index (χ3v) is 2.54. The molecule has 2 N–H and O–H groups in total. The van der Waals surface area contributed by atoms with Crippen LogP contribution in [0.5, 0.6) is 5.88 Å². The van der Waals surface area contributed by atoms with Gasteiger partial charge in [0.15, 0.2) is 0 Å². The maximum absolute atomic E-state index is 9.68. The predicted octanol–water partition coefficient (Wildman–Crippen LogP) is 1.39. The number of hydrogen-bond donors (Lipinski definition) is 2. The van der Waals surface area contributed by atoms with E-state index in [9.17, 15) is 5.11 Å². The molecule has 0 saturated carbocycles. The Morgan fingerprint density at radius 3 is 2.88 bits per heavy atom. The molecule has 0 radical (unpaired) electrons. The minimum Gasteiger partial charge on any atom is -0.473 e. The van der Waals surface area contributed by atoms with Gasteiger partial charge >= 0.3 is 0 Å². The maximum Gasteiger partial charge on any atom is 0.245 e. The largest absolute Gasteiger partial charge is 0.473 e. The van der Waals surface area contributed by atoms with Crippen molar-refractivity contribution in [1.82, 2.24) is 8.75 Å². The van der Waals surface area contributed by atoms with Crippen LogP contribution >= 0.6 is 11.7 Å². The van der Waals surface area contributed by atoms with Crippen molar-refractivity contribution < 1.29 is 9.84 Å². The van der Waals surface area contributed by atoms with Crippen LogP contribution in [0.25, 0.3) is 0 Å². The molecule has 1 heterocycles.